The SMILES string of the molecule is CCCCN(CCOCCOC(=O)Oc1ccccc1)c1ccccc1. The van der Waals surface area contributed by atoms with Gasteiger partial charge in [-0.3, -0.25) is 0 Å². The number of anilines is 1. The summed E-state index contributed by atoms with van der Waals surface area (Å²) in [7, 11) is 0. The van der Waals surface area contributed by atoms with Crippen LogP contribution in [0, 0.1) is 0 Å². The molecule has 2 aromatic rings. The Kier molecular flexibility index (Phi) is 9.08. The fourth-order valence-corrected chi connectivity index (χ4v) is 2.43. The second-order valence-corrected chi connectivity index (χ2v) is 5.80. The van der Waals surface area contributed by atoms with Gasteiger partial charge in [-0.1, -0.05) is 49.7 Å². The van der Waals surface area contributed by atoms with Gasteiger partial charge in [-0.15, -0.1) is 0 Å². The summed E-state index contributed by atoms with van der Waals surface area (Å²) in [6.07, 6.45) is 1.58. The minimum atomic E-state index is -0.714. The van der Waals surface area contributed by atoms with Crippen LogP contribution in [0.15, 0.2) is 60.7 Å². The van der Waals surface area contributed by atoms with E-state index in [9.17, 15) is 4.79 Å². The molecule has 0 saturated carbocycles. The molecule has 0 amide bonds. The predicted octanol–water partition coefficient (Wildman–Crippen LogP) is 4.53. The Morgan fingerprint density at radius 2 is 1.58 bits per heavy atom. The molecule has 5 heteroatoms. The van der Waals surface area contributed by atoms with E-state index in [0.717, 1.165) is 25.9 Å². The lowest BCUT2D eigenvalue weighted by Gasteiger charge is -2.24. The maximum Gasteiger partial charge on any atom is 0.513 e. The van der Waals surface area contributed by atoms with Crippen molar-refractivity contribution in [3.63, 3.8) is 0 Å². The quantitative estimate of drug-likeness (QED) is 0.336. The van der Waals surface area contributed by atoms with Crippen molar-refractivity contribution in [1.82, 2.24) is 0 Å². The molecule has 0 saturated heterocycles. The highest BCUT2D eigenvalue weighted by atomic mass is 16.7. The van der Waals surface area contributed by atoms with Crippen molar-refractivity contribution in [1.29, 1.82) is 0 Å². The highest BCUT2D eigenvalue weighted by molar-refractivity contribution is 5.63. The number of carbonyl (C=O) groups excluding carboxylic acids is 1. The van der Waals surface area contributed by atoms with E-state index in [1.807, 2.05) is 24.3 Å². The minimum absolute atomic E-state index is 0.173. The Morgan fingerprint density at radius 1 is 0.885 bits per heavy atom. The Balaban J connectivity index is 1.61. The molecule has 0 spiro atoms. The van der Waals surface area contributed by atoms with E-state index in [4.69, 9.17) is 14.2 Å². The first-order valence-corrected chi connectivity index (χ1v) is 9.07. The number of hydrogen-bond acceptors (Lipinski definition) is 5. The Bertz CT molecular complexity index is 618. The second kappa shape index (κ2) is 11.9. The van der Waals surface area contributed by atoms with Crippen LogP contribution in [0.2, 0.25) is 0 Å². The number of hydrogen-bond donors (Lipinski definition) is 0. The van der Waals surface area contributed by atoms with E-state index in [0.29, 0.717) is 19.0 Å². The van der Waals surface area contributed by atoms with Crippen molar-refractivity contribution in [2.24, 2.45) is 0 Å². The summed E-state index contributed by atoms with van der Waals surface area (Å²) in [6.45, 7) is 5.09. The second-order valence-electron chi connectivity index (χ2n) is 5.80. The fourth-order valence-electron chi connectivity index (χ4n) is 2.43. The zero-order valence-electron chi connectivity index (χ0n) is 15.3. The first kappa shape index (κ1) is 19.8. The van der Waals surface area contributed by atoms with Crippen molar-refractivity contribution in [2.45, 2.75) is 19.8 Å². The normalized spacial score (nSPS) is 10.3. The molecule has 0 bridgehead atoms. The van der Waals surface area contributed by atoms with Crippen LogP contribution in [0.25, 0.3) is 0 Å². The Morgan fingerprint density at radius 3 is 2.27 bits per heavy atom. The largest absolute Gasteiger partial charge is 0.513 e. The Labute approximate surface area is 155 Å². The van der Waals surface area contributed by atoms with E-state index >= 15 is 0 Å². The molecule has 0 unspecified atom stereocenters. The first-order chi connectivity index (χ1) is 12.8. The molecule has 0 aromatic heterocycles. The monoisotopic (exact) mass is 357 g/mol. The standard InChI is InChI=1S/C21H27NO4/c1-2-3-14-22(19-10-6-4-7-11-19)15-16-24-17-18-25-21(23)26-20-12-8-5-9-13-20/h4-13H,2-3,14-18H2,1H3. The van der Waals surface area contributed by atoms with Crippen LogP contribution in [0.5, 0.6) is 5.75 Å². The van der Waals surface area contributed by atoms with Crippen LogP contribution in [-0.2, 0) is 9.47 Å². The van der Waals surface area contributed by atoms with Crippen molar-refractivity contribution < 1.29 is 19.0 Å². The minimum Gasteiger partial charge on any atom is -0.432 e. The highest BCUT2D eigenvalue weighted by Gasteiger charge is 2.07. The average Bonchev–Trinajstić information content (AvgIpc) is 2.68. The van der Waals surface area contributed by atoms with Gasteiger partial charge in [0.2, 0.25) is 0 Å². The van der Waals surface area contributed by atoms with Gasteiger partial charge in [-0.2, -0.15) is 0 Å². The van der Waals surface area contributed by atoms with E-state index < -0.39 is 6.16 Å². The molecule has 0 N–H and O–H groups in total. The first-order valence-electron chi connectivity index (χ1n) is 9.07. The van der Waals surface area contributed by atoms with Crippen LogP contribution in [0.4, 0.5) is 10.5 Å². The highest BCUT2D eigenvalue weighted by Crippen LogP contribution is 2.13. The lowest BCUT2D eigenvalue weighted by Crippen LogP contribution is -2.29. The van der Waals surface area contributed by atoms with Crippen molar-refractivity contribution >= 4 is 11.8 Å². The molecular weight excluding hydrogens is 330 g/mol. The molecule has 0 fully saturated rings. The molecule has 5 nitrogen and oxygen atoms in total. The van der Waals surface area contributed by atoms with E-state index in [2.05, 4.69) is 24.0 Å². The third-order valence-electron chi connectivity index (χ3n) is 3.80. The zero-order chi connectivity index (χ0) is 18.5. The zero-order valence-corrected chi connectivity index (χ0v) is 15.3. The van der Waals surface area contributed by atoms with Gasteiger partial charge in [0, 0.05) is 18.8 Å². The summed E-state index contributed by atoms with van der Waals surface area (Å²) < 4.78 is 15.6. The van der Waals surface area contributed by atoms with Crippen LogP contribution in [-0.4, -0.2) is 39.1 Å². The lowest BCUT2D eigenvalue weighted by atomic mass is 10.2. The molecule has 0 aliphatic rings. The Hall–Kier alpha value is -2.53. The summed E-state index contributed by atoms with van der Waals surface area (Å²) in [5, 5.41) is 0. The van der Waals surface area contributed by atoms with E-state index in [1.165, 1.54) is 5.69 Å². The number of carbonyl (C=O) groups is 1. The summed E-state index contributed by atoms with van der Waals surface area (Å²) in [4.78, 5) is 13.9. The van der Waals surface area contributed by atoms with Crippen LogP contribution >= 0.6 is 0 Å². The maximum absolute atomic E-state index is 11.5. The van der Waals surface area contributed by atoms with Crippen molar-refractivity contribution in [3.05, 3.63) is 60.7 Å². The van der Waals surface area contributed by atoms with Gasteiger partial charge in [0.25, 0.3) is 0 Å². The lowest BCUT2D eigenvalue weighted by molar-refractivity contribution is 0.0540. The molecule has 0 radical (unpaired) electrons. The maximum atomic E-state index is 11.5. The number of rotatable bonds is 11. The molecule has 2 rings (SSSR count). The molecule has 2 aromatic carbocycles. The van der Waals surface area contributed by atoms with Gasteiger partial charge in [-0.05, 0) is 30.7 Å². The van der Waals surface area contributed by atoms with Gasteiger partial charge in [0.05, 0.1) is 13.2 Å². The van der Waals surface area contributed by atoms with Gasteiger partial charge >= 0.3 is 6.16 Å². The molecule has 0 heterocycles. The van der Waals surface area contributed by atoms with Gasteiger partial charge in [-0.25, -0.2) is 4.79 Å². The van der Waals surface area contributed by atoms with E-state index in [-0.39, 0.29) is 6.61 Å². The molecule has 0 atom stereocenters. The number of benzene rings is 2. The van der Waals surface area contributed by atoms with Crippen LogP contribution < -0.4 is 9.64 Å². The molecule has 0 aliphatic carbocycles. The summed E-state index contributed by atoms with van der Waals surface area (Å²) in [6, 6.07) is 19.2. The molecule has 140 valence electrons. The van der Waals surface area contributed by atoms with Crippen molar-refractivity contribution in [2.75, 3.05) is 37.8 Å². The fraction of sp³-hybridized carbons (Fsp3) is 0.381. The summed E-state index contributed by atoms with van der Waals surface area (Å²) >= 11 is 0. The smallest absolute Gasteiger partial charge is 0.432 e. The van der Waals surface area contributed by atoms with Gasteiger partial charge in [0.15, 0.2) is 0 Å². The average molecular weight is 357 g/mol. The predicted molar refractivity (Wildman–Crippen MR) is 103 cm³/mol. The van der Waals surface area contributed by atoms with Gasteiger partial charge < -0.3 is 19.1 Å². The van der Waals surface area contributed by atoms with Crippen LogP contribution in [0.1, 0.15) is 19.8 Å². The van der Waals surface area contributed by atoms with Gasteiger partial charge in [0.1, 0.15) is 12.4 Å². The number of para-hydroxylation sites is 2. The third-order valence-corrected chi connectivity index (χ3v) is 3.80. The molecule has 26 heavy (non-hydrogen) atoms. The number of unbranched alkanes of at least 4 members (excludes halogenated alkanes) is 1. The third kappa shape index (κ3) is 7.57. The van der Waals surface area contributed by atoms with E-state index in [1.54, 1.807) is 24.3 Å². The van der Waals surface area contributed by atoms with Crippen molar-refractivity contribution in [3.8, 4) is 5.75 Å². The number of nitrogens with zero attached hydrogens (tertiary/aromatic N) is 1. The molecule has 0 aliphatic heterocycles. The number of ether oxygens (including phenoxy) is 3. The molecular formula is C21H27NO4. The van der Waals surface area contributed by atoms with Crippen LogP contribution in [0.3, 0.4) is 0 Å². The topological polar surface area (TPSA) is 48.0 Å². The summed E-state index contributed by atoms with van der Waals surface area (Å²) in [5.41, 5.74) is 1.20. The summed E-state index contributed by atoms with van der Waals surface area (Å²) in [5.74, 6) is 0.466.